The fourth-order valence-corrected chi connectivity index (χ4v) is 1.61. The Balaban J connectivity index is 3.43. The number of hydrogen-bond acceptors (Lipinski definition) is 2. The molecule has 0 unspecified atom stereocenters. The van der Waals surface area contributed by atoms with Crippen LogP contribution in [0.4, 0.5) is 0 Å². The van der Waals surface area contributed by atoms with Crippen LogP contribution in [0, 0.1) is 6.92 Å². The molecule has 0 aliphatic heterocycles. The summed E-state index contributed by atoms with van der Waals surface area (Å²) in [5.41, 5.74) is 0.961. The highest BCUT2D eigenvalue weighted by Crippen LogP contribution is 2.25. The van der Waals surface area contributed by atoms with Crippen molar-refractivity contribution in [1.82, 2.24) is 0 Å². The molecule has 1 rings (SSSR count). The quantitative estimate of drug-likeness (QED) is 0.748. The van der Waals surface area contributed by atoms with Crippen molar-refractivity contribution in [3.05, 3.63) is 27.7 Å². The zero-order chi connectivity index (χ0) is 9.30. The van der Waals surface area contributed by atoms with E-state index in [2.05, 4.69) is 28.6 Å². The molecule has 0 aliphatic rings. The summed E-state index contributed by atoms with van der Waals surface area (Å²) in [6.45, 7) is 1.74. The summed E-state index contributed by atoms with van der Waals surface area (Å²) in [4.78, 5) is 11.2. The molecule has 1 aromatic carbocycles. The minimum Gasteiger partial charge on any atom is -0.478 e. The third-order valence-corrected chi connectivity index (χ3v) is 2.82. The minimum atomic E-state index is -0.946. The molecular formula is C8H7BrO2S. The summed E-state index contributed by atoms with van der Waals surface area (Å²) in [6.07, 6.45) is 0. The van der Waals surface area contributed by atoms with Crippen LogP contribution in [0.2, 0.25) is 0 Å². The van der Waals surface area contributed by atoms with Crippen LogP contribution in [0.5, 0.6) is 0 Å². The van der Waals surface area contributed by atoms with E-state index in [1.165, 1.54) is 0 Å². The Kier molecular flexibility index (Phi) is 2.80. The molecule has 1 N–H and O–H groups in total. The average Bonchev–Trinajstić information content (AvgIpc) is 1.97. The van der Waals surface area contributed by atoms with Crippen LogP contribution in [-0.4, -0.2) is 11.1 Å². The van der Waals surface area contributed by atoms with Crippen molar-refractivity contribution >= 4 is 34.5 Å². The van der Waals surface area contributed by atoms with Crippen molar-refractivity contribution in [3.63, 3.8) is 0 Å². The van der Waals surface area contributed by atoms with E-state index >= 15 is 0 Å². The molecule has 0 radical (unpaired) electrons. The number of benzene rings is 1. The molecular weight excluding hydrogens is 240 g/mol. The molecule has 4 heteroatoms. The Labute approximate surface area is 84.1 Å². The summed E-state index contributed by atoms with van der Waals surface area (Å²) in [5, 5.41) is 8.80. The highest BCUT2D eigenvalue weighted by atomic mass is 79.9. The van der Waals surface area contributed by atoms with Crippen molar-refractivity contribution in [2.45, 2.75) is 11.8 Å². The van der Waals surface area contributed by atoms with Crippen LogP contribution >= 0.6 is 28.6 Å². The average molecular weight is 247 g/mol. The van der Waals surface area contributed by atoms with Crippen LogP contribution in [0.15, 0.2) is 21.5 Å². The molecule has 0 aliphatic carbocycles. The van der Waals surface area contributed by atoms with Crippen molar-refractivity contribution < 1.29 is 9.90 Å². The second kappa shape index (κ2) is 3.49. The first kappa shape index (κ1) is 9.61. The molecule has 0 spiro atoms. The first-order chi connectivity index (χ1) is 5.54. The van der Waals surface area contributed by atoms with Gasteiger partial charge >= 0.3 is 5.97 Å². The van der Waals surface area contributed by atoms with Crippen LogP contribution in [0.3, 0.4) is 0 Å². The van der Waals surface area contributed by atoms with Crippen molar-refractivity contribution in [2.24, 2.45) is 0 Å². The van der Waals surface area contributed by atoms with Gasteiger partial charge in [0.2, 0.25) is 0 Å². The van der Waals surface area contributed by atoms with Crippen LogP contribution in [0.1, 0.15) is 15.9 Å². The minimum absolute atomic E-state index is 0.257. The predicted molar refractivity (Wildman–Crippen MR) is 53.1 cm³/mol. The number of rotatable bonds is 1. The lowest BCUT2D eigenvalue weighted by atomic mass is 10.1. The summed E-state index contributed by atoms with van der Waals surface area (Å²) >= 11 is 7.30. The Morgan fingerprint density at radius 1 is 1.58 bits per heavy atom. The van der Waals surface area contributed by atoms with Gasteiger partial charge in [-0.3, -0.25) is 0 Å². The number of halogens is 1. The standard InChI is InChI=1S/C8H7BrO2S/c1-4-5(9)2-3-6(12)7(4)8(10)11/h2-3,12H,1H3,(H,10,11). The predicted octanol–water partition coefficient (Wildman–Crippen LogP) is 2.74. The van der Waals surface area contributed by atoms with Gasteiger partial charge in [0.25, 0.3) is 0 Å². The first-order valence-electron chi connectivity index (χ1n) is 3.25. The Morgan fingerprint density at radius 3 is 2.58 bits per heavy atom. The van der Waals surface area contributed by atoms with Gasteiger partial charge in [0.15, 0.2) is 0 Å². The fourth-order valence-electron chi connectivity index (χ4n) is 0.942. The molecule has 0 saturated heterocycles. The number of carboxylic acids is 1. The molecule has 12 heavy (non-hydrogen) atoms. The fraction of sp³-hybridized carbons (Fsp3) is 0.125. The highest BCUT2D eigenvalue weighted by Gasteiger charge is 2.12. The number of carbonyl (C=O) groups is 1. The van der Waals surface area contributed by atoms with Gasteiger partial charge in [-0.05, 0) is 24.6 Å². The van der Waals surface area contributed by atoms with E-state index in [4.69, 9.17) is 5.11 Å². The maximum absolute atomic E-state index is 10.7. The van der Waals surface area contributed by atoms with E-state index in [1.54, 1.807) is 19.1 Å². The zero-order valence-corrected chi connectivity index (χ0v) is 8.82. The molecule has 0 fully saturated rings. The second-order valence-electron chi connectivity index (χ2n) is 2.37. The Hall–Kier alpha value is -0.480. The maximum atomic E-state index is 10.7. The molecule has 2 nitrogen and oxygen atoms in total. The monoisotopic (exact) mass is 246 g/mol. The molecule has 0 saturated carbocycles. The normalized spacial score (nSPS) is 9.92. The molecule has 0 aromatic heterocycles. The summed E-state index contributed by atoms with van der Waals surface area (Å²) in [6, 6.07) is 3.44. The molecule has 0 heterocycles. The Bertz CT molecular complexity index is 336. The molecule has 1 aromatic rings. The smallest absolute Gasteiger partial charge is 0.337 e. The number of thiol groups is 1. The number of carboxylic acid groups (broad SMARTS) is 1. The van der Waals surface area contributed by atoms with Gasteiger partial charge in [-0.2, -0.15) is 0 Å². The lowest BCUT2D eigenvalue weighted by Crippen LogP contribution is -2.01. The SMILES string of the molecule is Cc1c(Br)ccc(S)c1C(=O)O. The molecule has 0 atom stereocenters. The van der Waals surface area contributed by atoms with Crippen molar-refractivity contribution in [3.8, 4) is 0 Å². The maximum Gasteiger partial charge on any atom is 0.337 e. The molecule has 64 valence electrons. The summed E-state index contributed by atoms with van der Waals surface area (Å²) < 4.78 is 0.790. The highest BCUT2D eigenvalue weighted by molar-refractivity contribution is 9.10. The third kappa shape index (κ3) is 1.64. The van der Waals surface area contributed by atoms with Gasteiger partial charge < -0.3 is 5.11 Å². The lowest BCUT2D eigenvalue weighted by molar-refractivity contribution is 0.0692. The summed E-state index contributed by atoms with van der Waals surface area (Å²) in [7, 11) is 0. The van der Waals surface area contributed by atoms with Crippen LogP contribution < -0.4 is 0 Å². The second-order valence-corrected chi connectivity index (χ2v) is 3.71. The first-order valence-corrected chi connectivity index (χ1v) is 4.49. The van der Waals surface area contributed by atoms with Crippen LogP contribution in [0.25, 0.3) is 0 Å². The van der Waals surface area contributed by atoms with E-state index in [0.29, 0.717) is 10.5 Å². The topological polar surface area (TPSA) is 37.3 Å². The van der Waals surface area contributed by atoms with Gasteiger partial charge in [0.05, 0.1) is 5.56 Å². The van der Waals surface area contributed by atoms with E-state index in [1.807, 2.05) is 0 Å². The van der Waals surface area contributed by atoms with E-state index in [-0.39, 0.29) is 5.56 Å². The van der Waals surface area contributed by atoms with E-state index in [9.17, 15) is 4.79 Å². The summed E-state index contributed by atoms with van der Waals surface area (Å²) in [5.74, 6) is -0.946. The number of hydrogen-bond donors (Lipinski definition) is 2. The van der Waals surface area contributed by atoms with Gasteiger partial charge in [-0.25, -0.2) is 4.79 Å². The van der Waals surface area contributed by atoms with Gasteiger partial charge in [-0.1, -0.05) is 15.9 Å². The Morgan fingerprint density at radius 2 is 2.17 bits per heavy atom. The van der Waals surface area contributed by atoms with E-state index in [0.717, 1.165) is 4.47 Å². The third-order valence-electron chi connectivity index (χ3n) is 1.59. The number of aromatic carboxylic acids is 1. The van der Waals surface area contributed by atoms with Gasteiger partial charge in [-0.15, -0.1) is 12.6 Å². The lowest BCUT2D eigenvalue weighted by Gasteiger charge is -2.05. The van der Waals surface area contributed by atoms with Gasteiger partial charge in [0.1, 0.15) is 0 Å². The van der Waals surface area contributed by atoms with Crippen molar-refractivity contribution in [2.75, 3.05) is 0 Å². The van der Waals surface area contributed by atoms with E-state index < -0.39 is 5.97 Å². The van der Waals surface area contributed by atoms with Crippen molar-refractivity contribution in [1.29, 1.82) is 0 Å². The molecule has 0 amide bonds. The van der Waals surface area contributed by atoms with Crippen LogP contribution in [-0.2, 0) is 0 Å². The largest absolute Gasteiger partial charge is 0.478 e. The zero-order valence-electron chi connectivity index (χ0n) is 6.34. The van der Waals surface area contributed by atoms with Gasteiger partial charge in [0, 0.05) is 9.37 Å². The molecule has 0 bridgehead atoms.